The van der Waals surface area contributed by atoms with E-state index in [0.29, 0.717) is 12.3 Å². The lowest BCUT2D eigenvalue weighted by atomic mass is 10.2. The van der Waals surface area contributed by atoms with Crippen molar-refractivity contribution in [1.29, 1.82) is 0 Å². The van der Waals surface area contributed by atoms with E-state index in [4.69, 9.17) is 11.6 Å². The molecule has 0 bridgehead atoms. The highest BCUT2D eigenvalue weighted by Crippen LogP contribution is 2.15. The summed E-state index contributed by atoms with van der Waals surface area (Å²) in [5.41, 5.74) is 1.19. The van der Waals surface area contributed by atoms with Gasteiger partial charge in [-0.15, -0.1) is 11.8 Å². The maximum Gasteiger partial charge on any atom is 0.230 e. The molecule has 0 aliphatic heterocycles. The van der Waals surface area contributed by atoms with Gasteiger partial charge in [0.1, 0.15) is 0 Å². The minimum Gasteiger partial charge on any atom is -0.354 e. The van der Waals surface area contributed by atoms with Gasteiger partial charge in [-0.2, -0.15) is 0 Å². The normalized spacial score (nSPS) is 10.3. The Hall–Kier alpha value is -0.710. The van der Waals surface area contributed by atoms with Crippen LogP contribution >= 0.6 is 23.4 Å². The Morgan fingerprint density at radius 3 is 2.67 bits per heavy atom. The van der Waals surface area contributed by atoms with Gasteiger partial charge in [0.15, 0.2) is 0 Å². The van der Waals surface area contributed by atoms with Crippen LogP contribution < -0.4 is 10.6 Å². The minimum atomic E-state index is 0.0897. The number of carbonyl (C=O) groups excluding carboxylic acids is 1. The zero-order valence-electron chi connectivity index (χ0n) is 10.5. The molecule has 1 rings (SSSR count). The summed E-state index contributed by atoms with van der Waals surface area (Å²) in [6, 6.07) is 7.71. The Kier molecular flexibility index (Phi) is 7.89. The zero-order valence-corrected chi connectivity index (χ0v) is 12.1. The standard InChI is InChI=1S/C13H19ClN2OS/c1-2-15-7-8-16-13(17)10-18-9-11-3-5-12(14)6-4-11/h3-6,15H,2,7-10H2,1H3,(H,16,17). The van der Waals surface area contributed by atoms with Crippen LogP contribution in [-0.2, 0) is 10.5 Å². The van der Waals surface area contributed by atoms with Gasteiger partial charge in [0.05, 0.1) is 5.75 Å². The van der Waals surface area contributed by atoms with Crippen molar-refractivity contribution in [3.8, 4) is 0 Å². The van der Waals surface area contributed by atoms with E-state index in [-0.39, 0.29) is 5.91 Å². The first-order valence-corrected chi connectivity index (χ1v) is 7.55. The molecule has 1 amide bonds. The van der Waals surface area contributed by atoms with Gasteiger partial charge >= 0.3 is 0 Å². The fraction of sp³-hybridized carbons (Fsp3) is 0.462. The van der Waals surface area contributed by atoms with Crippen molar-refractivity contribution in [2.24, 2.45) is 0 Å². The van der Waals surface area contributed by atoms with Crippen molar-refractivity contribution in [3.63, 3.8) is 0 Å². The van der Waals surface area contributed by atoms with E-state index >= 15 is 0 Å². The highest BCUT2D eigenvalue weighted by molar-refractivity contribution is 7.99. The number of amides is 1. The van der Waals surface area contributed by atoms with Crippen molar-refractivity contribution in [1.82, 2.24) is 10.6 Å². The summed E-state index contributed by atoms with van der Waals surface area (Å²) in [7, 11) is 0. The summed E-state index contributed by atoms with van der Waals surface area (Å²) in [4.78, 5) is 11.5. The highest BCUT2D eigenvalue weighted by Gasteiger charge is 2.01. The molecule has 0 heterocycles. The van der Waals surface area contributed by atoms with E-state index in [2.05, 4.69) is 10.6 Å². The fourth-order valence-electron chi connectivity index (χ4n) is 1.36. The van der Waals surface area contributed by atoms with E-state index in [9.17, 15) is 4.79 Å². The molecule has 18 heavy (non-hydrogen) atoms. The summed E-state index contributed by atoms with van der Waals surface area (Å²) in [6.07, 6.45) is 0. The number of carbonyl (C=O) groups is 1. The second-order valence-corrected chi connectivity index (χ2v) is 5.24. The quantitative estimate of drug-likeness (QED) is 0.721. The summed E-state index contributed by atoms with van der Waals surface area (Å²) < 4.78 is 0. The predicted molar refractivity (Wildman–Crippen MR) is 79.2 cm³/mol. The number of likely N-dealkylation sites (N-methyl/N-ethyl adjacent to an activating group) is 1. The molecule has 1 aromatic carbocycles. The van der Waals surface area contributed by atoms with E-state index in [1.165, 1.54) is 5.56 Å². The van der Waals surface area contributed by atoms with Gasteiger partial charge in [-0.05, 0) is 24.2 Å². The van der Waals surface area contributed by atoms with Crippen LogP contribution in [0.25, 0.3) is 0 Å². The first kappa shape index (κ1) is 15.3. The molecule has 0 saturated carbocycles. The van der Waals surface area contributed by atoms with Gasteiger partial charge in [-0.3, -0.25) is 4.79 Å². The smallest absolute Gasteiger partial charge is 0.230 e. The molecule has 2 N–H and O–H groups in total. The van der Waals surface area contributed by atoms with E-state index < -0.39 is 0 Å². The molecule has 0 unspecified atom stereocenters. The third-order valence-electron chi connectivity index (χ3n) is 2.29. The largest absolute Gasteiger partial charge is 0.354 e. The second kappa shape index (κ2) is 9.25. The Morgan fingerprint density at radius 1 is 1.28 bits per heavy atom. The van der Waals surface area contributed by atoms with Crippen LogP contribution in [0.4, 0.5) is 0 Å². The average molecular weight is 287 g/mol. The molecule has 0 aliphatic carbocycles. The Morgan fingerprint density at radius 2 is 2.00 bits per heavy atom. The van der Waals surface area contributed by atoms with Crippen LogP contribution in [-0.4, -0.2) is 31.3 Å². The lowest BCUT2D eigenvalue weighted by Gasteiger charge is -2.05. The van der Waals surface area contributed by atoms with Crippen molar-refractivity contribution in [2.45, 2.75) is 12.7 Å². The first-order valence-electron chi connectivity index (χ1n) is 6.02. The number of hydrogen-bond donors (Lipinski definition) is 2. The van der Waals surface area contributed by atoms with Gasteiger partial charge in [0.2, 0.25) is 5.91 Å². The number of hydrogen-bond acceptors (Lipinski definition) is 3. The maximum absolute atomic E-state index is 11.5. The predicted octanol–water partition coefficient (Wildman–Crippen LogP) is 2.30. The van der Waals surface area contributed by atoms with Crippen LogP contribution in [0.1, 0.15) is 12.5 Å². The molecule has 100 valence electrons. The Bertz CT molecular complexity index is 357. The number of thioether (sulfide) groups is 1. The molecule has 0 saturated heterocycles. The SMILES string of the molecule is CCNCCNC(=O)CSCc1ccc(Cl)cc1. The molecular weight excluding hydrogens is 268 g/mol. The van der Waals surface area contributed by atoms with Gasteiger partial charge in [-0.1, -0.05) is 30.7 Å². The maximum atomic E-state index is 11.5. The minimum absolute atomic E-state index is 0.0897. The lowest BCUT2D eigenvalue weighted by Crippen LogP contribution is -2.32. The van der Waals surface area contributed by atoms with Gasteiger partial charge < -0.3 is 10.6 Å². The molecule has 0 aliphatic rings. The second-order valence-electron chi connectivity index (χ2n) is 3.82. The molecule has 5 heteroatoms. The van der Waals surface area contributed by atoms with E-state index in [0.717, 1.165) is 23.9 Å². The molecule has 0 spiro atoms. The first-order chi connectivity index (χ1) is 8.72. The summed E-state index contributed by atoms with van der Waals surface area (Å²) in [5.74, 6) is 1.42. The fourth-order valence-corrected chi connectivity index (χ4v) is 2.30. The summed E-state index contributed by atoms with van der Waals surface area (Å²) in [5, 5.41) is 6.77. The zero-order chi connectivity index (χ0) is 13.2. The molecule has 1 aromatic rings. The van der Waals surface area contributed by atoms with E-state index in [1.54, 1.807) is 11.8 Å². The van der Waals surface area contributed by atoms with Crippen molar-refractivity contribution < 1.29 is 4.79 Å². The van der Waals surface area contributed by atoms with Crippen LogP contribution in [0.3, 0.4) is 0 Å². The molecule has 0 atom stereocenters. The third-order valence-corrected chi connectivity index (χ3v) is 3.54. The third kappa shape index (κ3) is 6.89. The van der Waals surface area contributed by atoms with Crippen LogP contribution in [0.5, 0.6) is 0 Å². The average Bonchev–Trinajstić information content (AvgIpc) is 2.37. The topological polar surface area (TPSA) is 41.1 Å². The van der Waals surface area contributed by atoms with Crippen molar-refractivity contribution >= 4 is 29.3 Å². The van der Waals surface area contributed by atoms with Crippen molar-refractivity contribution in [3.05, 3.63) is 34.9 Å². The number of rotatable bonds is 8. The molecular formula is C13H19ClN2OS. The molecule has 0 fully saturated rings. The van der Waals surface area contributed by atoms with Gasteiger partial charge in [0, 0.05) is 23.9 Å². The van der Waals surface area contributed by atoms with Gasteiger partial charge in [0.25, 0.3) is 0 Å². The Balaban J connectivity index is 2.10. The molecule has 0 aromatic heterocycles. The molecule has 3 nitrogen and oxygen atoms in total. The van der Waals surface area contributed by atoms with E-state index in [1.807, 2.05) is 31.2 Å². The highest BCUT2D eigenvalue weighted by atomic mass is 35.5. The summed E-state index contributed by atoms with van der Waals surface area (Å²) >= 11 is 7.41. The van der Waals surface area contributed by atoms with Crippen LogP contribution in [0, 0.1) is 0 Å². The van der Waals surface area contributed by atoms with Gasteiger partial charge in [-0.25, -0.2) is 0 Å². The molecule has 0 radical (unpaired) electrons. The van der Waals surface area contributed by atoms with Crippen molar-refractivity contribution in [2.75, 3.05) is 25.4 Å². The van der Waals surface area contributed by atoms with Crippen LogP contribution in [0.2, 0.25) is 5.02 Å². The summed E-state index contributed by atoms with van der Waals surface area (Å²) in [6.45, 7) is 4.49. The number of benzene rings is 1. The number of halogens is 1. The Labute approximate surface area is 118 Å². The van der Waals surface area contributed by atoms with Crippen LogP contribution in [0.15, 0.2) is 24.3 Å². The lowest BCUT2D eigenvalue weighted by molar-refractivity contribution is -0.118. The monoisotopic (exact) mass is 286 g/mol. The number of nitrogens with one attached hydrogen (secondary N) is 2.